The van der Waals surface area contributed by atoms with Gasteiger partial charge >= 0.3 is 0 Å². The molecule has 0 aliphatic carbocycles. The van der Waals surface area contributed by atoms with Crippen LogP contribution in [0.15, 0.2) is 45.1 Å². The first-order valence-electron chi connectivity index (χ1n) is 7.14. The molecule has 0 radical (unpaired) electrons. The average molecular weight is 328 g/mol. The minimum Gasteiger partial charge on any atom is -0.463 e. The number of amides is 1. The summed E-state index contributed by atoms with van der Waals surface area (Å²) >= 11 is 1.33. The van der Waals surface area contributed by atoms with E-state index in [-0.39, 0.29) is 16.4 Å². The van der Waals surface area contributed by atoms with E-state index in [1.165, 1.54) is 17.6 Å². The highest BCUT2D eigenvalue weighted by atomic mass is 32.1. The van der Waals surface area contributed by atoms with Crippen LogP contribution < -0.4 is 10.7 Å². The molecule has 1 N–H and O–H groups in total. The predicted octanol–water partition coefficient (Wildman–Crippen LogP) is 3.80. The average Bonchev–Trinajstić information content (AvgIpc) is 2.96. The van der Waals surface area contributed by atoms with Gasteiger partial charge in [0.25, 0.3) is 5.91 Å². The minimum atomic E-state index is -0.515. The molecule has 0 unspecified atom stereocenters. The molecule has 0 saturated heterocycles. The first-order valence-corrected chi connectivity index (χ1v) is 8.02. The lowest BCUT2D eigenvalue weighted by Gasteiger charge is -2.14. The van der Waals surface area contributed by atoms with Crippen molar-refractivity contribution < 1.29 is 9.21 Å². The van der Waals surface area contributed by atoms with Crippen LogP contribution in [-0.4, -0.2) is 10.9 Å². The Hall–Kier alpha value is -2.47. The molecule has 118 valence electrons. The molecule has 0 atom stereocenters. The number of benzene rings is 1. The highest BCUT2D eigenvalue weighted by Crippen LogP contribution is 2.26. The van der Waals surface area contributed by atoms with Crippen LogP contribution >= 0.6 is 11.3 Å². The summed E-state index contributed by atoms with van der Waals surface area (Å²) in [5, 5.41) is 5.42. The number of carbonyl (C=O) groups excluding carboxylic acids is 1. The molecule has 0 aliphatic rings. The van der Waals surface area contributed by atoms with Gasteiger partial charge in [0.05, 0.1) is 11.1 Å². The predicted molar refractivity (Wildman–Crippen MR) is 91.3 cm³/mol. The molecule has 5 nitrogen and oxygen atoms in total. The molecular weight excluding hydrogens is 312 g/mol. The van der Waals surface area contributed by atoms with Gasteiger partial charge in [-0.1, -0.05) is 32.9 Å². The lowest BCUT2D eigenvalue weighted by atomic mass is 9.93. The zero-order chi connectivity index (χ0) is 16.6. The number of aromatic nitrogens is 1. The highest BCUT2D eigenvalue weighted by molar-refractivity contribution is 7.14. The second-order valence-corrected chi connectivity index (χ2v) is 7.07. The number of para-hydroxylation sites is 1. The van der Waals surface area contributed by atoms with Gasteiger partial charge in [-0.25, -0.2) is 4.98 Å². The van der Waals surface area contributed by atoms with Crippen LogP contribution in [0, 0.1) is 0 Å². The summed E-state index contributed by atoms with van der Waals surface area (Å²) in [6.45, 7) is 6.14. The fraction of sp³-hybridized carbons (Fsp3) is 0.235. The number of thiazole rings is 1. The second kappa shape index (κ2) is 5.62. The Morgan fingerprint density at radius 1 is 1.26 bits per heavy atom. The van der Waals surface area contributed by atoms with Gasteiger partial charge in [0.1, 0.15) is 17.4 Å². The van der Waals surface area contributed by atoms with Crippen molar-refractivity contribution in [2.75, 3.05) is 5.32 Å². The molecule has 0 spiro atoms. The van der Waals surface area contributed by atoms with E-state index in [2.05, 4.69) is 10.3 Å². The van der Waals surface area contributed by atoms with Gasteiger partial charge in [0.15, 0.2) is 5.13 Å². The van der Waals surface area contributed by atoms with Crippen LogP contribution in [0.5, 0.6) is 0 Å². The van der Waals surface area contributed by atoms with Gasteiger partial charge in [-0.15, -0.1) is 11.3 Å². The number of nitrogens with zero attached hydrogens (tertiary/aromatic N) is 1. The van der Waals surface area contributed by atoms with E-state index >= 15 is 0 Å². The summed E-state index contributed by atoms with van der Waals surface area (Å²) in [6, 6.07) is 6.83. The highest BCUT2D eigenvalue weighted by Gasteiger charge is 2.20. The number of rotatable bonds is 2. The van der Waals surface area contributed by atoms with Crippen LogP contribution in [0.4, 0.5) is 5.13 Å². The number of hydrogen-bond acceptors (Lipinski definition) is 5. The van der Waals surface area contributed by atoms with Crippen molar-refractivity contribution in [2.45, 2.75) is 26.2 Å². The summed E-state index contributed by atoms with van der Waals surface area (Å²) in [5.41, 5.74) is 0.872. The van der Waals surface area contributed by atoms with E-state index < -0.39 is 5.91 Å². The molecule has 0 bridgehead atoms. The second-order valence-electron chi connectivity index (χ2n) is 6.22. The number of fused-ring (bicyclic) bond motifs is 1. The van der Waals surface area contributed by atoms with Crippen molar-refractivity contribution in [3.63, 3.8) is 0 Å². The van der Waals surface area contributed by atoms with Gasteiger partial charge in [-0.2, -0.15) is 0 Å². The summed E-state index contributed by atoms with van der Waals surface area (Å²) in [5.74, 6) is -0.515. The summed E-state index contributed by atoms with van der Waals surface area (Å²) in [7, 11) is 0. The van der Waals surface area contributed by atoms with Crippen LogP contribution in [0.25, 0.3) is 11.0 Å². The normalized spacial score (nSPS) is 11.6. The first-order chi connectivity index (χ1) is 10.9. The summed E-state index contributed by atoms with van der Waals surface area (Å²) in [4.78, 5) is 29.1. The third kappa shape index (κ3) is 3.03. The molecule has 3 rings (SSSR count). The SMILES string of the molecule is CC(C)(C)c1csc(NC(=O)c2coc3ccccc3c2=O)n1. The van der Waals surface area contributed by atoms with Crippen molar-refractivity contribution in [1.82, 2.24) is 4.98 Å². The largest absolute Gasteiger partial charge is 0.463 e. The van der Waals surface area contributed by atoms with Gasteiger partial charge in [-0.3, -0.25) is 14.9 Å². The van der Waals surface area contributed by atoms with Crippen LogP contribution in [0.2, 0.25) is 0 Å². The molecule has 1 amide bonds. The number of nitrogens with one attached hydrogen (secondary N) is 1. The van der Waals surface area contributed by atoms with E-state index in [9.17, 15) is 9.59 Å². The van der Waals surface area contributed by atoms with Gasteiger partial charge < -0.3 is 4.42 Å². The Balaban J connectivity index is 1.91. The lowest BCUT2D eigenvalue weighted by Crippen LogP contribution is -2.21. The van der Waals surface area contributed by atoms with Crippen molar-refractivity contribution in [3.05, 3.63) is 57.4 Å². The maximum absolute atomic E-state index is 12.4. The minimum absolute atomic E-state index is 0.0313. The molecule has 1 aromatic carbocycles. The van der Waals surface area contributed by atoms with Crippen molar-refractivity contribution in [2.24, 2.45) is 0 Å². The zero-order valence-corrected chi connectivity index (χ0v) is 13.9. The fourth-order valence-corrected chi connectivity index (χ4v) is 3.01. The Morgan fingerprint density at radius 2 is 2.00 bits per heavy atom. The smallest absolute Gasteiger partial charge is 0.264 e. The molecular formula is C17H16N2O3S. The summed E-state index contributed by atoms with van der Waals surface area (Å²) < 4.78 is 5.36. The Morgan fingerprint density at radius 3 is 2.70 bits per heavy atom. The van der Waals surface area contributed by atoms with Gasteiger partial charge in [-0.05, 0) is 12.1 Å². The zero-order valence-electron chi connectivity index (χ0n) is 13.0. The van der Waals surface area contributed by atoms with E-state index in [0.717, 1.165) is 5.69 Å². The molecule has 23 heavy (non-hydrogen) atoms. The molecule has 0 saturated carbocycles. The number of anilines is 1. The van der Waals surface area contributed by atoms with Crippen LogP contribution in [0.1, 0.15) is 36.8 Å². The van der Waals surface area contributed by atoms with E-state index in [4.69, 9.17) is 4.42 Å². The maximum Gasteiger partial charge on any atom is 0.264 e. The van der Waals surface area contributed by atoms with Crippen molar-refractivity contribution in [1.29, 1.82) is 0 Å². The molecule has 0 aliphatic heterocycles. The maximum atomic E-state index is 12.4. The third-order valence-corrected chi connectivity index (χ3v) is 4.18. The Kier molecular flexibility index (Phi) is 3.77. The topological polar surface area (TPSA) is 72.2 Å². The van der Waals surface area contributed by atoms with Gasteiger partial charge in [0, 0.05) is 10.8 Å². The van der Waals surface area contributed by atoms with Crippen molar-refractivity contribution >= 4 is 33.3 Å². The van der Waals surface area contributed by atoms with Gasteiger partial charge in [0.2, 0.25) is 5.43 Å². The first kappa shape index (κ1) is 15.4. The van der Waals surface area contributed by atoms with E-state index in [1.807, 2.05) is 26.2 Å². The lowest BCUT2D eigenvalue weighted by molar-refractivity contribution is 0.102. The standard InChI is InChI=1S/C17H16N2O3S/c1-17(2,3)13-9-23-16(18-13)19-15(21)11-8-22-12-7-5-4-6-10(12)14(11)20/h4-9H,1-3H3,(H,18,19,21). The molecule has 2 heterocycles. The fourth-order valence-electron chi connectivity index (χ4n) is 2.07. The Labute approximate surface area is 137 Å². The van der Waals surface area contributed by atoms with Crippen LogP contribution in [-0.2, 0) is 5.41 Å². The summed E-state index contributed by atoms with van der Waals surface area (Å²) in [6.07, 6.45) is 1.19. The number of hydrogen-bond donors (Lipinski definition) is 1. The third-order valence-electron chi connectivity index (χ3n) is 3.42. The molecule has 0 fully saturated rings. The van der Waals surface area contributed by atoms with E-state index in [1.54, 1.807) is 24.3 Å². The molecule has 6 heteroatoms. The van der Waals surface area contributed by atoms with Crippen molar-refractivity contribution in [3.8, 4) is 0 Å². The molecule has 2 aromatic heterocycles. The Bertz CT molecular complexity index is 935. The molecule has 3 aromatic rings. The van der Waals surface area contributed by atoms with Crippen LogP contribution in [0.3, 0.4) is 0 Å². The monoisotopic (exact) mass is 328 g/mol. The number of carbonyl (C=O) groups is 1. The quantitative estimate of drug-likeness (QED) is 0.776. The van der Waals surface area contributed by atoms with E-state index in [0.29, 0.717) is 16.1 Å².